The topological polar surface area (TPSA) is 68.2 Å². The zero-order valence-electron chi connectivity index (χ0n) is 23.4. The highest BCUT2D eigenvalue weighted by Gasteiger charge is 2.56. The van der Waals surface area contributed by atoms with Crippen molar-refractivity contribution < 1.29 is 24.1 Å². The van der Waals surface area contributed by atoms with Gasteiger partial charge >= 0.3 is 5.97 Å². The fourth-order valence-electron chi connectivity index (χ4n) is 10.2. The minimum absolute atomic E-state index is 0.0803. The van der Waals surface area contributed by atoms with Gasteiger partial charge in [-0.1, -0.05) is 26.2 Å². The van der Waals surface area contributed by atoms with Gasteiger partial charge in [0.2, 0.25) is 5.76 Å². The number of carbonyl (C=O) groups is 1. The highest BCUT2D eigenvalue weighted by molar-refractivity contribution is 5.93. The van der Waals surface area contributed by atoms with E-state index >= 15 is 0 Å². The third-order valence-corrected chi connectivity index (χ3v) is 11.9. The van der Waals surface area contributed by atoms with E-state index in [-0.39, 0.29) is 30.0 Å². The predicted molar refractivity (Wildman–Crippen MR) is 143 cm³/mol. The van der Waals surface area contributed by atoms with Gasteiger partial charge in [0, 0.05) is 30.0 Å². The van der Waals surface area contributed by atoms with Crippen LogP contribution in [0.1, 0.15) is 97.3 Å². The van der Waals surface area contributed by atoms with Crippen LogP contribution in [0.5, 0.6) is 0 Å². The number of cyclic esters (lactones) is 1. The van der Waals surface area contributed by atoms with Crippen molar-refractivity contribution in [1.29, 1.82) is 0 Å². The molecule has 0 aromatic heterocycles. The van der Waals surface area contributed by atoms with Crippen LogP contribution in [0, 0.1) is 29.1 Å². The summed E-state index contributed by atoms with van der Waals surface area (Å²) in [6.07, 6.45) is 18.4. The molecule has 5 heterocycles. The Labute approximate surface area is 227 Å². The molecule has 2 bridgehead atoms. The van der Waals surface area contributed by atoms with Crippen molar-refractivity contribution in [3.8, 4) is 0 Å². The van der Waals surface area contributed by atoms with E-state index < -0.39 is 0 Å². The van der Waals surface area contributed by atoms with Crippen molar-refractivity contribution in [1.82, 2.24) is 4.90 Å². The smallest absolute Gasteiger partial charge is 0.343 e. The summed E-state index contributed by atoms with van der Waals surface area (Å²) in [5.41, 5.74) is 1.03. The summed E-state index contributed by atoms with van der Waals surface area (Å²) in [4.78, 5) is 15.1. The molecule has 5 fully saturated rings. The first kappa shape index (κ1) is 25.2. The number of nitrogens with zero attached hydrogens (tertiary/aromatic N) is 1. The summed E-state index contributed by atoms with van der Waals surface area (Å²) in [7, 11) is 1.59. The Morgan fingerprint density at radius 1 is 1.11 bits per heavy atom. The molecule has 3 saturated heterocycles. The van der Waals surface area contributed by atoms with Crippen molar-refractivity contribution in [2.75, 3.05) is 7.11 Å². The van der Waals surface area contributed by atoms with Gasteiger partial charge in [-0.3, -0.25) is 4.90 Å². The monoisotopic (exact) mass is 523 g/mol. The van der Waals surface area contributed by atoms with E-state index in [1.807, 2.05) is 0 Å². The summed E-state index contributed by atoms with van der Waals surface area (Å²) >= 11 is 0. The maximum absolute atomic E-state index is 12.4. The van der Waals surface area contributed by atoms with Crippen LogP contribution in [0.4, 0.5) is 0 Å². The van der Waals surface area contributed by atoms with E-state index in [9.17, 15) is 9.90 Å². The summed E-state index contributed by atoms with van der Waals surface area (Å²) in [6.45, 7) is 3.96. The summed E-state index contributed by atoms with van der Waals surface area (Å²) in [5, 5.41) is 12.0. The molecule has 8 atom stereocenters. The number of hydrogen-bond donors (Lipinski definition) is 1. The molecule has 38 heavy (non-hydrogen) atoms. The summed E-state index contributed by atoms with van der Waals surface area (Å²) in [6, 6.07) is 1.07. The molecule has 7 aliphatic rings. The quantitative estimate of drug-likeness (QED) is 0.458. The standard InChI is InChI=1S/C32H45NO5/c1-18-26-23-12-9-20-8-10-22(11-13-25(26)37-29(18)30-28(36-3)19(2)31(35)38-30)33(23)27(20)24(34)17-21-7-6-16-32(21)14-4-5-15-32/h13,18,20-24,26-27,34H,4-12,14-17H2,1-3H3. The predicted octanol–water partition coefficient (Wildman–Crippen LogP) is 5.97. The Morgan fingerprint density at radius 3 is 2.66 bits per heavy atom. The number of carbonyl (C=O) groups excluding carboxylic acids is 1. The molecule has 0 aromatic rings. The van der Waals surface area contributed by atoms with Gasteiger partial charge in [-0.05, 0) is 94.5 Å². The van der Waals surface area contributed by atoms with E-state index in [0.717, 1.165) is 30.8 Å². The summed E-state index contributed by atoms with van der Waals surface area (Å²) < 4.78 is 17.8. The molecule has 1 spiro atoms. The number of esters is 1. The second-order valence-corrected chi connectivity index (χ2v) is 13.5. The van der Waals surface area contributed by atoms with Crippen molar-refractivity contribution in [2.45, 2.75) is 122 Å². The number of aliphatic hydroxyl groups is 1. The molecule has 7 rings (SSSR count). The first-order valence-corrected chi connectivity index (χ1v) is 15.5. The molecule has 2 saturated carbocycles. The second-order valence-electron chi connectivity index (χ2n) is 13.5. The molecule has 208 valence electrons. The largest absolute Gasteiger partial charge is 0.492 e. The van der Waals surface area contributed by atoms with Crippen molar-refractivity contribution >= 4 is 5.97 Å². The third-order valence-electron chi connectivity index (χ3n) is 11.9. The molecule has 8 unspecified atom stereocenters. The molecule has 0 radical (unpaired) electrons. The lowest BCUT2D eigenvalue weighted by Crippen LogP contribution is -2.64. The SMILES string of the molecule is COC1=C(C)C(=O)OC1=C1OC2=CCC3CCC4CCC(C2C1C)N3C4C(O)CC1CCCC12CCCC2. The Balaban J connectivity index is 1.18. The summed E-state index contributed by atoms with van der Waals surface area (Å²) in [5.74, 6) is 3.95. The molecular weight excluding hydrogens is 478 g/mol. The van der Waals surface area contributed by atoms with E-state index in [0.29, 0.717) is 46.4 Å². The number of aliphatic hydroxyl groups excluding tert-OH is 1. The van der Waals surface area contributed by atoms with Gasteiger partial charge in [0.05, 0.1) is 18.8 Å². The van der Waals surface area contributed by atoms with Crippen LogP contribution in [-0.4, -0.2) is 47.3 Å². The van der Waals surface area contributed by atoms with E-state index in [2.05, 4.69) is 17.9 Å². The normalized spacial score (nSPS) is 42.6. The molecule has 0 aromatic carbocycles. The zero-order chi connectivity index (χ0) is 26.2. The van der Waals surface area contributed by atoms with Gasteiger partial charge in [0.25, 0.3) is 0 Å². The van der Waals surface area contributed by atoms with Crippen LogP contribution in [0.15, 0.2) is 34.7 Å². The van der Waals surface area contributed by atoms with Crippen molar-refractivity contribution in [3.63, 3.8) is 0 Å². The van der Waals surface area contributed by atoms with Gasteiger partial charge in [-0.25, -0.2) is 4.79 Å². The van der Waals surface area contributed by atoms with Crippen LogP contribution in [0.25, 0.3) is 0 Å². The Kier molecular flexibility index (Phi) is 6.23. The number of ether oxygens (including phenoxy) is 3. The van der Waals surface area contributed by atoms with Gasteiger partial charge in [0.15, 0.2) is 11.5 Å². The third kappa shape index (κ3) is 3.68. The lowest BCUT2D eigenvalue weighted by Gasteiger charge is -2.56. The molecule has 6 heteroatoms. The maximum atomic E-state index is 12.4. The van der Waals surface area contributed by atoms with Crippen LogP contribution in [-0.2, 0) is 19.0 Å². The number of fused-ring (bicyclic) bond motifs is 3. The Morgan fingerprint density at radius 2 is 1.87 bits per heavy atom. The van der Waals surface area contributed by atoms with Crippen LogP contribution in [0.3, 0.4) is 0 Å². The molecule has 0 amide bonds. The first-order valence-electron chi connectivity index (χ1n) is 15.5. The van der Waals surface area contributed by atoms with E-state index in [1.54, 1.807) is 14.0 Å². The first-order chi connectivity index (χ1) is 18.4. The van der Waals surface area contributed by atoms with Gasteiger partial charge < -0.3 is 19.3 Å². The lowest BCUT2D eigenvalue weighted by molar-refractivity contribution is -0.133. The average Bonchev–Trinajstić information content (AvgIpc) is 3.65. The fourth-order valence-corrected chi connectivity index (χ4v) is 10.2. The van der Waals surface area contributed by atoms with Crippen molar-refractivity contribution in [3.05, 3.63) is 34.7 Å². The van der Waals surface area contributed by atoms with E-state index in [1.165, 1.54) is 64.2 Å². The number of piperidine rings is 2. The molecule has 1 N–H and O–H groups in total. The van der Waals surface area contributed by atoms with Crippen molar-refractivity contribution in [2.24, 2.45) is 29.1 Å². The molecule has 5 aliphatic heterocycles. The zero-order valence-corrected chi connectivity index (χ0v) is 23.4. The van der Waals surface area contributed by atoms with E-state index in [4.69, 9.17) is 14.2 Å². The molecule has 2 aliphatic carbocycles. The minimum atomic E-state index is -0.354. The molecule has 6 nitrogen and oxygen atoms in total. The van der Waals surface area contributed by atoms with Gasteiger partial charge in [-0.2, -0.15) is 0 Å². The number of rotatable bonds is 4. The number of hydrogen-bond acceptors (Lipinski definition) is 6. The second kappa shape index (κ2) is 9.40. The Bertz CT molecular complexity index is 1080. The van der Waals surface area contributed by atoms with Crippen LogP contribution >= 0.6 is 0 Å². The van der Waals surface area contributed by atoms with Crippen LogP contribution < -0.4 is 0 Å². The lowest BCUT2D eigenvalue weighted by atomic mass is 9.68. The minimum Gasteiger partial charge on any atom is -0.492 e. The fraction of sp³-hybridized carbons (Fsp3) is 0.781. The van der Waals surface area contributed by atoms with Gasteiger partial charge in [-0.15, -0.1) is 0 Å². The maximum Gasteiger partial charge on any atom is 0.343 e. The van der Waals surface area contributed by atoms with Crippen LogP contribution in [0.2, 0.25) is 0 Å². The highest BCUT2D eigenvalue weighted by Crippen LogP contribution is 2.57. The molecular formula is C32H45NO5. The number of methoxy groups -OCH3 is 1. The Hall–Kier alpha value is -1.79. The number of allylic oxidation sites excluding steroid dienone is 1. The van der Waals surface area contributed by atoms with Gasteiger partial charge in [0.1, 0.15) is 5.76 Å². The average molecular weight is 524 g/mol. The highest BCUT2D eigenvalue weighted by atomic mass is 16.6.